The number of aryl methyl sites for hydroxylation is 1. The minimum atomic E-state index is -0.588. The van der Waals surface area contributed by atoms with Gasteiger partial charge in [0.1, 0.15) is 11.6 Å². The van der Waals surface area contributed by atoms with E-state index in [-0.39, 0.29) is 5.78 Å². The van der Waals surface area contributed by atoms with Crippen molar-refractivity contribution in [2.45, 2.75) is 25.7 Å². The number of Topliss-reactive ketones (excluding diaryl/α,β-unsaturated/α-hetero) is 1. The SMILES string of the molecule is O=C1CCCc2nc(Cc3ccc(F)cc3F)sc21. The molecule has 1 aromatic carbocycles. The van der Waals surface area contributed by atoms with Gasteiger partial charge in [-0.1, -0.05) is 6.07 Å². The maximum atomic E-state index is 13.6. The summed E-state index contributed by atoms with van der Waals surface area (Å²) in [6.07, 6.45) is 2.51. The number of hydrogen-bond acceptors (Lipinski definition) is 3. The molecule has 98 valence electrons. The first-order valence-corrected chi connectivity index (χ1v) is 6.91. The van der Waals surface area contributed by atoms with Gasteiger partial charge in [0.15, 0.2) is 5.78 Å². The second kappa shape index (κ2) is 4.81. The van der Waals surface area contributed by atoms with Gasteiger partial charge in [0.25, 0.3) is 0 Å². The molecule has 0 saturated carbocycles. The number of hydrogen-bond donors (Lipinski definition) is 0. The van der Waals surface area contributed by atoms with E-state index in [2.05, 4.69) is 4.98 Å². The first-order chi connectivity index (χ1) is 9.13. The molecule has 1 aromatic heterocycles. The number of rotatable bonds is 2. The molecule has 0 bridgehead atoms. The van der Waals surface area contributed by atoms with Crippen LogP contribution in [-0.4, -0.2) is 10.8 Å². The topological polar surface area (TPSA) is 30.0 Å². The van der Waals surface area contributed by atoms with Gasteiger partial charge in [-0.3, -0.25) is 4.79 Å². The molecule has 1 aliphatic carbocycles. The number of thiazole rings is 1. The number of carbonyl (C=O) groups is 1. The summed E-state index contributed by atoms with van der Waals surface area (Å²) in [5.41, 5.74) is 1.23. The van der Waals surface area contributed by atoms with E-state index in [1.165, 1.54) is 23.5 Å². The van der Waals surface area contributed by atoms with Crippen molar-refractivity contribution in [3.8, 4) is 0 Å². The average molecular weight is 279 g/mol. The third-order valence-electron chi connectivity index (χ3n) is 3.17. The molecule has 0 spiro atoms. The van der Waals surface area contributed by atoms with Gasteiger partial charge in [0.2, 0.25) is 0 Å². The van der Waals surface area contributed by atoms with E-state index in [1.54, 1.807) is 0 Å². The summed E-state index contributed by atoms with van der Waals surface area (Å²) < 4.78 is 26.4. The first kappa shape index (κ1) is 12.4. The third-order valence-corrected chi connectivity index (χ3v) is 4.31. The van der Waals surface area contributed by atoms with Gasteiger partial charge in [0, 0.05) is 18.9 Å². The molecule has 0 amide bonds. The highest BCUT2D eigenvalue weighted by Crippen LogP contribution is 2.28. The van der Waals surface area contributed by atoms with Gasteiger partial charge in [-0.25, -0.2) is 13.8 Å². The van der Waals surface area contributed by atoms with Crippen molar-refractivity contribution < 1.29 is 13.6 Å². The molecule has 0 N–H and O–H groups in total. The number of benzene rings is 1. The molecule has 19 heavy (non-hydrogen) atoms. The van der Waals surface area contributed by atoms with Crippen LogP contribution in [0.25, 0.3) is 0 Å². The number of fused-ring (bicyclic) bond motifs is 1. The van der Waals surface area contributed by atoms with E-state index in [1.807, 2.05) is 0 Å². The van der Waals surface area contributed by atoms with Crippen LogP contribution < -0.4 is 0 Å². The van der Waals surface area contributed by atoms with Crippen molar-refractivity contribution >= 4 is 17.1 Å². The zero-order valence-corrected chi connectivity index (χ0v) is 10.9. The Balaban J connectivity index is 1.89. The van der Waals surface area contributed by atoms with Gasteiger partial charge >= 0.3 is 0 Å². The summed E-state index contributed by atoms with van der Waals surface area (Å²) in [4.78, 5) is 16.8. The fraction of sp³-hybridized carbons (Fsp3) is 0.286. The summed E-state index contributed by atoms with van der Waals surface area (Å²) in [6.45, 7) is 0. The molecule has 5 heteroatoms. The van der Waals surface area contributed by atoms with E-state index in [0.29, 0.717) is 28.3 Å². The Bertz CT molecular complexity index is 651. The average Bonchev–Trinajstić information content (AvgIpc) is 2.77. The Morgan fingerprint density at radius 2 is 2.11 bits per heavy atom. The second-order valence-corrected chi connectivity index (χ2v) is 5.66. The van der Waals surface area contributed by atoms with Crippen LogP contribution >= 0.6 is 11.3 Å². The minimum absolute atomic E-state index is 0.129. The van der Waals surface area contributed by atoms with Crippen LogP contribution in [0.5, 0.6) is 0 Å². The predicted octanol–water partition coefficient (Wildman–Crippen LogP) is 3.53. The van der Waals surface area contributed by atoms with Crippen molar-refractivity contribution in [1.29, 1.82) is 0 Å². The summed E-state index contributed by atoms with van der Waals surface area (Å²) in [5.74, 6) is -1.03. The van der Waals surface area contributed by atoms with Gasteiger partial charge in [-0.2, -0.15) is 0 Å². The highest BCUT2D eigenvalue weighted by atomic mass is 32.1. The second-order valence-electron chi connectivity index (χ2n) is 4.57. The van der Waals surface area contributed by atoms with E-state index >= 15 is 0 Å². The van der Waals surface area contributed by atoms with E-state index in [4.69, 9.17) is 0 Å². The van der Waals surface area contributed by atoms with Crippen LogP contribution in [0.3, 0.4) is 0 Å². The Morgan fingerprint density at radius 3 is 2.84 bits per heavy atom. The third kappa shape index (κ3) is 2.42. The fourth-order valence-corrected chi connectivity index (χ4v) is 3.32. The van der Waals surface area contributed by atoms with Gasteiger partial charge in [-0.15, -0.1) is 11.3 Å². The zero-order valence-electron chi connectivity index (χ0n) is 10.1. The van der Waals surface area contributed by atoms with Gasteiger partial charge in [0.05, 0.1) is 15.6 Å². The number of ketones is 1. The lowest BCUT2D eigenvalue weighted by Crippen LogP contribution is -2.07. The van der Waals surface area contributed by atoms with Crippen LogP contribution in [0.4, 0.5) is 8.78 Å². The summed E-state index contributed by atoms with van der Waals surface area (Å²) in [7, 11) is 0. The van der Waals surface area contributed by atoms with Gasteiger partial charge in [-0.05, 0) is 24.5 Å². The van der Waals surface area contributed by atoms with Crippen molar-refractivity contribution in [3.05, 3.63) is 51.0 Å². The largest absolute Gasteiger partial charge is 0.293 e. The highest BCUT2D eigenvalue weighted by molar-refractivity contribution is 7.13. The molecule has 0 saturated heterocycles. The lowest BCUT2D eigenvalue weighted by Gasteiger charge is -2.06. The molecular formula is C14H11F2NOS. The van der Waals surface area contributed by atoms with E-state index in [9.17, 15) is 13.6 Å². The standard InChI is InChI=1S/C14H11F2NOS/c15-9-5-4-8(10(16)7-9)6-13-17-11-2-1-3-12(18)14(11)19-13/h4-5,7H,1-3,6H2. The summed E-state index contributed by atoms with van der Waals surface area (Å²) in [6, 6.07) is 3.53. The lowest BCUT2D eigenvalue weighted by atomic mass is 10.0. The molecule has 3 rings (SSSR count). The van der Waals surface area contributed by atoms with E-state index < -0.39 is 11.6 Å². The van der Waals surface area contributed by atoms with Crippen molar-refractivity contribution in [1.82, 2.24) is 4.98 Å². The zero-order chi connectivity index (χ0) is 13.4. The molecule has 0 aliphatic heterocycles. The Kier molecular flexibility index (Phi) is 3.14. The van der Waals surface area contributed by atoms with Crippen molar-refractivity contribution in [3.63, 3.8) is 0 Å². The maximum Gasteiger partial charge on any atom is 0.174 e. The van der Waals surface area contributed by atoms with Gasteiger partial charge < -0.3 is 0 Å². The fourth-order valence-electron chi connectivity index (χ4n) is 2.22. The molecule has 1 heterocycles. The smallest absolute Gasteiger partial charge is 0.174 e. The molecule has 0 unspecified atom stereocenters. The van der Waals surface area contributed by atoms with Crippen LogP contribution in [0, 0.1) is 11.6 Å². The quantitative estimate of drug-likeness (QED) is 0.841. The lowest BCUT2D eigenvalue weighted by molar-refractivity contribution is 0.0976. The number of aromatic nitrogens is 1. The minimum Gasteiger partial charge on any atom is -0.293 e. The monoisotopic (exact) mass is 279 g/mol. The summed E-state index contributed by atoms with van der Waals surface area (Å²) >= 11 is 1.33. The highest BCUT2D eigenvalue weighted by Gasteiger charge is 2.22. The normalized spacial score (nSPS) is 14.5. The predicted molar refractivity (Wildman–Crippen MR) is 68.5 cm³/mol. The van der Waals surface area contributed by atoms with E-state index in [0.717, 1.165) is 24.6 Å². The van der Waals surface area contributed by atoms with Crippen molar-refractivity contribution in [2.24, 2.45) is 0 Å². The van der Waals surface area contributed by atoms with Crippen LogP contribution in [0.1, 0.15) is 38.8 Å². The molecule has 1 aliphatic rings. The Morgan fingerprint density at radius 1 is 1.26 bits per heavy atom. The number of nitrogens with zero attached hydrogens (tertiary/aromatic N) is 1. The molecule has 0 fully saturated rings. The molecule has 0 radical (unpaired) electrons. The number of halogens is 2. The maximum absolute atomic E-state index is 13.6. The Labute approximate surface area is 113 Å². The molecular weight excluding hydrogens is 268 g/mol. The number of carbonyl (C=O) groups excluding carboxylic acids is 1. The molecule has 0 atom stereocenters. The summed E-state index contributed by atoms with van der Waals surface area (Å²) in [5, 5.41) is 0.714. The van der Waals surface area contributed by atoms with Crippen molar-refractivity contribution in [2.75, 3.05) is 0 Å². The van der Waals surface area contributed by atoms with Crippen LogP contribution in [0.15, 0.2) is 18.2 Å². The molecule has 2 aromatic rings. The Hall–Kier alpha value is -1.62. The molecule has 2 nitrogen and oxygen atoms in total. The van der Waals surface area contributed by atoms with Crippen LogP contribution in [0.2, 0.25) is 0 Å². The first-order valence-electron chi connectivity index (χ1n) is 6.09. The van der Waals surface area contributed by atoms with Crippen LogP contribution in [-0.2, 0) is 12.8 Å².